The molecule has 0 fully saturated rings. The molecule has 0 bridgehead atoms. The predicted molar refractivity (Wildman–Crippen MR) is 101 cm³/mol. The third-order valence-corrected chi connectivity index (χ3v) is 3.96. The molecule has 4 N–H and O–H groups in total. The van der Waals surface area contributed by atoms with E-state index in [1.165, 1.54) is 5.56 Å². The van der Waals surface area contributed by atoms with Crippen molar-refractivity contribution in [1.82, 2.24) is 9.97 Å². The molecular formula is C20H20N4O2. The summed E-state index contributed by atoms with van der Waals surface area (Å²) >= 11 is 0. The van der Waals surface area contributed by atoms with Crippen LogP contribution in [0.1, 0.15) is 21.6 Å². The molecule has 6 heteroatoms. The highest BCUT2D eigenvalue weighted by Gasteiger charge is 2.17. The average Bonchev–Trinajstić information content (AvgIpc) is 2.62. The highest BCUT2D eigenvalue weighted by Crippen LogP contribution is 2.27. The van der Waals surface area contributed by atoms with Gasteiger partial charge in [0.1, 0.15) is 5.75 Å². The molecule has 2 aromatic carbocycles. The highest BCUT2D eigenvalue weighted by atomic mass is 16.5. The van der Waals surface area contributed by atoms with Crippen molar-refractivity contribution in [3.8, 4) is 17.0 Å². The molecule has 0 unspecified atom stereocenters. The van der Waals surface area contributed by atoms with Crippen molar-refractivity contribution in [3.05, 3.63) is 71.4 Å². The largest absolute Gasteiger partial charge is 0.493 e. The number of nitrogen functional groups attached to an aromatic ring is 1. The number of carbonyl (C=O) groups is 1. The maximum Gasteiger partial charge on any atom is 0.252 e. The van der Waals surface area contributed by atoms with E-state index in [4.69, 9.17) is 16.2 Å². The molecule has 26 heavy (non-hydrogen) atoms. The molecular weight excluding hydrogens is 328 g/mol. The van der Waals surface area contributed by atoms with Crippen LogP contribution in [0.4, 0.5) is 5.95 Å². The summed E-state index contributed by atoms with van der Waals surface area (Å²) < 4.78 is 5.84. The zero-order valence-electron chi connectivity index (χ0n) is 14.5. The molecule has 3 aromatic rings. The Bertz CT molecular complexity index is 926. The molecule has 0 saturated carbocycles. The smallest absolute Gasteiger partial charge is 0.252 e. The minimum absolute atomic E-state index is 0.0953. The van der Waals surface area contributed by atoms with Crippen LogP contribution in [0.5, 0.6) is 5.75 Å². The number of amides is 1. The van der Waals surface area contributed by atoms with Gasteiger partial charge >= 0.3 is 0 Å². The second-order valence-corrected chi connectivity index (χ2v) is 5.87. The van der Waals surface area contributed by atoms with Crippen molar-refractivity contribution in [2.45, 2.75) is 13.3 Å². The van der Waals surface area contributed by atoms with Gasteiger partial charge in [-0.2, -0.15) is 0 Å². The topological polar surface area (TPSA) is 104 Å². The van der Waals surface area contributed by atoms with Gasteiger partial charge in [0, 0.05) is 12.0 Å². The van der Waals surface area contributed by atoms with E-state index in [0.29, 0.717) is 29.3 Å². The maximum absolute atomic E-state index is 11.8. The molecule has 0 saturated heterocycles. The van der Waals surface area contributed by atoms with Crippen molar-refractivity contribution in [1.29, 1.82) is 0 Å². The van der Waals surface area contributed by atoms with Crippen LogP contribution >= 0.6 is 0 Å². The van der Waals surface area contributed by atoms with E-state index >= 15 is 0 Å². The molecule has 1 heterocycles. The number of aromatic nitrogens is 2. The summed E-state index contributed by atoms with van der Waals surface area (Å²) in [6.45, 7) is 2.23. The molecule has 1 amide bonds. The van der Waals surface area contributed by atoms with Gasteiger partial charge in [0.25, 0.3) is 5.91 Å². The van der Waals surface area contributed by atoms with E-state index in [-0.39, 0.29) is 11.5 Å². The molecule has 1 aromatic heterocycles. The zero-order chi connectivity index (χ0) is 18.5. The Hall–Kier alpha value is -3.41. The molecule has 132 valence electrons. The van der Waals surface area contributed by atoms with Gasteiger partial charge in [-0.25, -0.2) is 9.97 Å². The van der Waals surface area contributed by atoms with Crippen LogP contribution in [0.15, 0.2) is 54.6 Å². The average molecular weight is 348 g/mol. The predicted octanol–water partition coefficient (Wildman–Crippen LogP) is 2.75. The fourth-order valence-electron chi connectivity index (χ4n) is 2.76. The number of anilines is 1. The summed E-state index contributed by atoms with van der Waals surface area (Å²) in [7, 11) is 0. The van der Waals surface area contributed by atoms with Gasteiger partial charge in [0.05, 0.1) is 23.6 Å². The Balaban J connectivity index is 1.83. The van der Waals surface area contributed by atoms with Crippen LogP contribution in [-0.2, 0) is 6.42 Å². The van der Waals surface area contributed by atoms with Crippen LogP contribution in [-0.4, -0.2) is 22.5 Å². The van der Waals surface area contributed by atoms with E-state index in [9.17, 15) is 4.79 Å². The van der Waals surface area contributed by atoms with Gasteiger partial charge in [-0.3, -0.25) is 4.79 Å². The molecule has 0 atom stereocenters. The molecule has 0 aliphatic heterocycles. The van der Waals surface area contributed by atoms with E-state index in [1.54, 1.807) is 6.92 Å². The SMILES string of the molecule is Cc1nc(N)nc(-c2cccc(OCCc3ccccc3)c2)c1C(N)=O. The summed E-state index contributed by atoms with van der Waals surface area (Å²) in [4.78, 5) is 20.0. The third-order valence-electron chi connectivity index (χ3n) is 3.96. The first kappa shape index (κ1) is 17.4. The molecule has 0 radical (unpaired) electrons. The van der Waals surface area contributed by atoms with Gasteiger partial charge in [0.15, 0.2) is 0 Å². The number of aryl methyl sites for hydroxylation is 1. The monoisotopic (exact) mass is 348 g/mol. The van der Waals surface area contributed by atoms with E-state index in [1.807, 2.05) is 42.5 Å². The van der Waals surface area contributed by atoms with E-state index in [2.05, 4.69) is 22.1 Å². The number of rotatable bonds is 6. The Morgan fingerprint density at radius 3 is 2.58 bits per heavy atom. The number of hydrogen-bond acceptors (Lipinski definition) is 5. The lowest BCUT2D eigenvalue weighted by molar-refractivity contribution is 0.0999. The first-order chi connectivity index (χ1) is 12.5. The molecule has 0 aliphatic rings. The van der Waals surface area contributed by atoms with Gasteiger partial charge < -0.3 is 16.2 Å². The van der Waals surface area contributed by atoms with Gasteiger partial charge in [-0.15, -0.1) is 0 Å². The number of nitrogens with zero attached hydrogens (tertiary/aromatic N) is 2. The van der Waals surface area contributed by atoms with Crippen molar-refractivity contribution < 1.29 is 9.53 Å². The van der Waals surface area contributed by atoms with Crippen molar-refractivity contribution in [3.63, 3.8) is 0 Å². The number of primary amides is 1. The molecule has 3 rings (SSSR count). The molecule has 6 nitrogen and oxygen atoms in total. The lowest BCUT2D eigenvalue weighted by Crippen LogP contribution is -2.17. The number of hydrogen-bond donors (Lipinski definition) is 2. The highest BCUT2D eigenvalue weighted by molar-refractivity contribution is 6.00. The number of nitrogens with two attached hydrogens (primary N) is 2. The summed E-state index contributed by atoms with van der Waals surface area (Å²) in [5, 5.41) is 0. The summed E-state index contributed by atoms with van der Waals surface area (Å²) in [5.74, 6) is 0.189. The minimum Gasteiger partial charge on any atom is -0.493 e. The van der Waals surface area contributed by atoms with Crippen LogP contribution in [0.2, 0.25) is 0 Å². The fourth-order valence-corrected chi connectivity index (χ4v) is 2.76. The molecule has 0 aliphatic carbocycles. The lowest BCUT2D eigenvalue weighted by Gasteiger charge is -2.11. The van der Waals surface area contributed by atoms with Crippen molar-refractivity contribution in [2.24, 2.45) is 5.73 Å². The summed E-state index contributed by atoms with van der Waals surface area (Å²) in [5.41, 5.74) is 14.3. The van der Waals surface area contributed by atoms with Crippen molar-refractivity contribution >= 4 is 11.9 Å². The van der Waals surface area contributed by atoms with Crippen LogP contribution in [0.3, 0.4) is 0 Å². The number of carbonyl (C=O) groups excluding carboxylic acids is 1. The maximum atomic E-state index is 11.8. The van der Waals surface area contributed by atoms with Crippen LogP contribution < -0.4 is 16.2 Å². The Labute approximate surface area is 151 Å². The van der Waals surface area contributed by atoms with Gasteiger partial charge in [-0.1, -0.05) is 42.5 Å². The first-order valence-corrected chi connectivity index (χ1v) is 8.25. The fraction of sp³-hybridized carbons (Fsp3) is 0.150. The third kappa shape index (κ3) is 3.97. The number of ether oxygens (including phenoxy) is 1. The summed E-state index contributed by atoms with van der Waals surface area (Å²) in [6.07, 6.45) is 0.803. The standard InChI is InChI=1S/C20H20N4O2/c1-13-17(19(21)25)18(24-20(22)23-13)15-8-5-9-16(12-15)26-11-10-14-6-3-2-4-7-14/h2-9,12H,10-11H2,1H3,(H2,21,25)(H2,22,23,24). The number of benzene rings is 2. The molecule has 0 spiro atoms. The minimum atomic E-state index is -0.590. The van der Waals surface area contributed by atoms with Crippen LogP contribution in [0, 0.1) is 6.92 Å². The van der Waals surface area contributed by atoms with Gasteiger partial charge in [0.2, 0.25) is 5.95 Å². The van der Waals surface area contributed by atoms with Crippen LogP contribution in [0.25, 0.3) is 11.3 Å². The Morgan fingerprint density at radius 1 is 1.08 bits per heavy atom. The second kappa shape index (κ2) is 7.65. The normalized spacial score (nSPS) is 10.5. The Morgan fingerprint density at radius 2 is 1.85 bits per heavy atom. The quantitative estimate of drug-likeness (QED) is 0.713. The van der Waals surface area contributed by atoms with E-state index < -0.39 is 5.91 Å². The lowest BCUT2D eigenvalue weighted by atomic mass is 10.0. The first-order valence-electron chi connectivity index (χ1n) is 8.25. The van der Waals surface area contributed by atoms with E-state index in [0.717, 1.165) is 6.42 Å². The second-order valence-electron chi connectivity index (χ2n) is 5.87. The zero-order valence-corrected chi connectivity index (χ0v) is 14.5. The van der Waals surface area contributed by atoms with Crippen molar-refractivity contribution in [2.75, 3.05) is 12.3 Å². The van der Waals surface area contributed by atoms with Gasteiger partial charge in [-0.05, 0) is 24.6 Å². The Kier molecular flexibility index (Phi) is 5.12. The summed E-state index contributed by atoms with van der Waals surface area (Å²) in [6, 6.07) is 17.5.